The molecule has 1 aromatic heterocycles. The molecule has 0 atom stereocenters. The Balaban J connectivity index is 2.24. The van der Waals surface area contributed by atoms with Gasteiger partial charge in [0.25, 0.3) is 0 Å². The van der Waals surface area contributed by atoms with E-state index in [1.165, 1.54) is 4.68 Å². The lowest BCUT2D eigenvalue weighted by atomic mass is 10.1. The minimum Gasteiger partial charge on any atom is -0.487 e. The zero-order chi connectivity index (χ0) is 14.0. The highest BCUT2D eigenvalue weighted by Gasteiger charge is 2.18. The summed E-state index contributed by atoms with van der Waals surface area (Å²) < 4.78 is 7.13. The molecule has 0 radical (unpaired) electrons. The van der Waals surface area contributed by atoms with Crippen LogP contribution in [0.25, 0.3) is 0 Å². The molecule has 0 fully saturated rings. The number of hydrogen-bond acceptors (Lipinski definition) is 4. The third kappa shape index (κ3) is 2.57. The Morgan fingerprint density at radius 1 is 1.37 bits per heavy atom. The first-order chi connectivity index (χ1) is 9.00. The van der Waals surface area contributed by atoms with E-state index in [4.69, 9.17) is 9.84 Å². The van der Waals surface area contributed by atoms with Gasteiger partial charge in [-0.3, -0.25) is 0 Å². The van der Waals surface area contributed by atoms with Gasteiger partial charge in [0.1, 0.15) is 18.1 Å². The van der Waals surface area contributed by atoms with Gasteiger partial charge in [0.2, 0.25) is 0 Å². The number of carboxylic acid groups (broad SMARTS) is 1. The Morgan fingerprint density at radius 2 is 2.00 bits per heavy atom. The SMILES string of the molecule is Cc1cccc(C)c1OCc1c(C(=O)O)nnn1C. The predicted octanol–water partition coefficient (Wildman–Crippen LogP) is 1.71. The first-order valence-corrected chi connectivity index (χ1v) is 5.81. The van der Waals surface area contributed by atoms with Crippen molar-refractivity contribution >= 4 is 5.97 Å². The lowest BCUT2D eigenvalue weighted by molar-refractivity contribution is 0.0687. The van der Waals surface area contributed by atoms with E-state index in [1.807, 2.05) is 32.0 Å². The van der Waals surface area contributed by atoms with Crippen molar-refractivity contribution in [3.05, 3.63) is 40.7 Å². The number of benzene rings is 1. The quantitative estimate of drug-likeness (QED) is 0.906. The van der Waals surface area contributed by atoms with Crippen molar-refractivity contribution in [3.8, 4) is 5.75 Å². The van der Waals surface area contributed by atoms with E-state index in [0.717, 1.165) is 16.9 Å². The average Bonchev–Trinajstić information content (AvgIpc) is 2.70. The van der Waals surface area contributed by atoms with Crippen LogP contribution in [0.3, 0.4) is 0 Å². The smallest absolute Gasteiger partial charge is 0.358 e. The third-order valence-corrected chi connectivity index (χ3v) is 2.91. The molecular formula is C13H15N3O3. The molecule has 6 nitrogen and oxygen atoms in total. The molecule has 1 N–H and O–H groups in total. The van der Waals surface area contributed by atoms with E-state index in [-0.39, 0.29) is 12.3 Å². The van der Waals surface area contributed by atoms with Gasteiger partial charge in [-0.2, -0.15) is 0 Å². The highest BCUT2D eigenvalue weighted by atomic mass is 16.5. The fraction of sp³-hybridized carbons (Fsp3) is 0.308. The summed E-state index contributed by atoms with van der Waals surface area (Å²) in [5.74, 6) is -0.340. The Kier molecular flexibility index (Phi) is 3.50. The largest absolute Gasteiger partial charge is 0.487 e. The van der Waals surface area contributed by atoms with Crippen molar-refractivity contribution in [2.24, 2.45) is 7.05 Å². The molecule has 0 bridgehead atoms. The summed E-state index contributed by atoms with van der Waals surface area (Å²) in [4.78, 5) is 11.0. The van der Waals surface area contributed by atoms with E-state index in [9.17, 15) is 4.79 Å². The summed E-state index contributed by atoms with van der Waals surface area (Å²) in [6.45, 7) is 4.01. The summed E-state index contributed by atoms with van der Waals surface area (Å²) in [6.07, 6.45) is 0. The molecule has 2 rings (SSSR count). The minimum absolute atomic E-state index is 0.0752. The van der Waals surface area contributed by atoms with Crippen molar-refractivity contribution in [2.45, 2.75) is 20.5 Å². The van der Waals surface area contributed by atoms with Crippen LogP contribution in [0.1, 0.15) is 27.3 Å². The number of carbonyl (C=O) groups is 1. The standard InChI is InChI=1S/C13H15N3O3/c1-8-5-4-6-9(2)12(8)19-7-10-11(13(17)18)14-15-16(10)3/h4-6H,7H2,1-3H3,(H,17,18). The van der Waals surface area contributed by atoms with Crippen LogP contribution >= 0.6 is 0 Å². The van der Waals surface area contributed by atoms with E-state index in [2.05, 4.69) is 10.3 Å². The number of hydrogen-bond donors (Lipinski definition) is 1. The highest BCUT2D eigenvalue weighted by Crippen LogP contribution is 2.23. The van der Waals surface area contributed by atoms with E-state index in [0.29, 0.717) is 5.69 Å². The maximum Gasteiger partial charge on any atom is 0.358 e. The third-order valence-electron chi connectivity index (χ3n) is 2.91. The number of para-hydroxylation sites is 1. The van der Waals surface area contributed by atoms with Gasteiger partial charge in [-0.1, -0.05) is 23.4 Å². The van der Waals surface area contributed by atoms with Crippen LogP contribution in [-0.2, 0) is 13.7 Å². The van der Waals surface area contributed by atoms with Crippen molar-refractivity contribution in [2.75, 3.05) is 0 Å². The van der Waals surface area contributed by atoms with E-state index >= 15 is 0 Å². The lowest BCUT2D eigenvalue weighted by Gasteiger charge is -2.11. The van der Waals surface area contributed by atoms with Gasteiger partial charge in [-0.15, -0.1) is 5.10 Å². The molecule has 2 aromatic rings. The molecule has 1 heterocycles. The molecule has 0 aliphatic carbocycles. The van der Waals surface area contributed by atoms with Crippen molar-refractivity contribution in [3.63, 3.8) is 0 Å². The van der Waals surface area contributed by atoms with Crippen molar-refractivity contribution < 1.29 is 14.6 Å². The number of rotatable bonds is 4. The summed E-state index contributed by atoms with van der Waals surface area (Å²) >= 11 is 0. The molecule has 0 saturated heterocycles. The number of ether oxygens (including phenoxy) is 1. The summed E-state index contributed by atoms with van der Waals surface area (Å²) in [5, 5.41) is 16.3. The van der Waals surface area contributed by atoms with Crippen LogP contribution in [0.15, 0.2) is 18.2 Å². The molecule has 0 saturated carbocycles. The van der Waals surface area contributed by atoms with Crippen LogP contribution < -0.4 is 4.74 Å². The predicted molar refractivity (Wildman–Crippen MR) is 68.2 cm³/mol. The Hall–Kier alpha value is -2.37. The molecule has 0 aliphatic rings. The first kappa shape index (κ1) is 13.1. The second-order valence-electron chi connectivity index (χ2n) is 4.32. The molecule has 0 spiro atoms. The maximum atomic E-state index is 11.0. The van der Waals surface area contributed by atoms with Crippen LogP contribution in [-0.4, -0.2) is 26.1 Å². The maximum absolute atomic E-state index is 11.0. The molecule has 0 aliphatic heterocycles. The molecule has 0 unspecified atom stereocenters. The zero-order valence-electron chi connectivity index (χ0n) is 11.0. The monoisotopic (exact) mass is 261 g/mol. The molecular weight excluding hydrogens is 246 g/mol. The second kappa shape index (κ2) is 5.09. The van der Waals surface area contributed by atoms with Gasteiger partial charge in [0.15, 0.2) is 5.69 Å². The van der Waals surface area contributed by atoms with Gasteiger partial charge >= 0.3 is 5.97 Å². The van der Waals surface area contributed by atoms with Gasteiger partial charge in [-0.05, 0) is 25.0 Å². The lowest BCUT2D eigenvalue weighted by Crippen LogP contribution is -2.09. The van der Waals surface area contributed by atoms with Gasteiger partial charge < -0.3 is 9.84 Å². The number of carboxylic acids is 1. The number of nitrogens with zero attached hydrogens (tertiary/aromatic N) is 3. The van der Waals surface area contributed by atoms with E-state index < -0.39 is 5.97 Å². The van der Waals surface area contributed by atoms with Crippen LogP contribution in [0, 0.1) is 13.8 Å². The minimum atomic E-state index is -1.10. The fourth-order valence-electron chi connectivity index (χ4n) is 1.87. The summed E-state index contributed by atoms with van der Waals surface area (Å²) in [5.41, 5.74) is 2.38. The van der Waals surface area contributed by atoms with E-state index in [1.54, 1.807) is 7.05 Å². The topological polar surface area (TPSA) is 77.2 Å². The number of aryl methyl sites for hydroxylation is 3. The number of aromatic nitrogens is 3. The highest BCUT2D eigenvalue weighted by molar-refractivity contribution is 5.86. The Morgan fingerprint density at radius 3 is 2.58 bits per heavy atom. The van der Waals surface area contributed by atoms with Crippen molar-refractivity contribution in [1.82, 2.24) is 15.0 Å². The zero-order valence-corrected chi connectivity index (χ0v) is 11.0. The second-order valence-corrected chi connectivity index (χ2v) is 4.32. The van der Waals surface area contributed by atoms with Gasteiger partial charge in [0.05, 0.1) is 0 Å². The molecule has 1 aromatic carbocycles. The molecule has 19 heavy (non-hydrogen) atoms. The summed E-state index contributed by atoms with van der Waals surface area (Å²) in [7, 11) is 1.64. The van der Waals surface area contributed by atoms with Gasteiger partial charge in [0, 0.05) is 7.05 Å². The molecule has 0 amide bonds. The van der Waals surface area contributed by atoms with Crippen molar-refractivity contribution in [1.29, 1.82) is 0 Å². The molecule has 6 heteroatoms. The first-order valence-electron chi connectivity index (χ1n) is 5.81. The average molecular weight is 261 g/mol. The van der Waals surface area contributed by atoms with Crippen LogP contribution in [0.4, 0.5) is 0 Å². The fourth-order valence-corrected chi connectivity index (χ4v) is 1.87. The van der Waals surface area contributed by atoms with Gasteiger partial charge in [-0.25, -0.2) is 9.48 Å². The number of aromatic carboxylic acids is 1. The van der Waals surface area contributed by atoms with Crippen LogP contribution in [0.5, 0.6) is 5.75 Å². The summed E-state index contributed by atoms with van der Waals surface area (Å²) in [6, 6.07) is 5.84. The normalized spacial score (nSPS) is 10.5. The molecule has 100 valence electrons. The Labute approximate surface area is 110 Å². The van der Waals surface area contributed by atoms with Crippen LogP contribution in [0.2, 0.25) is 0 Å². The Bertz CT molecular complexity index is 599.